The molecular formula is C13H20S. The molecule has 1 fully saturated rings. The topological polar surface area (TPSA) is 0 Å². The summed E-state index contributed by atoms with van der Waals surface area (Å²) in [5.41, 5.74) is 1.28. The molecule has 1 saturated carbocycles. The van der Waals surface area contributed by atoms with E-state index in [1.54, 1.807) is 0 Å². The van der Waals surface area contributed by atoms with E-state index in [1.165, 1.54) is 31.3 Å². The standard InChI is InChI=1S/C13H20S/c1-3-4-5-6-11(2)12-7-9-13(14)10-8-12/h3-6,12-14H,2,7-10H2,1H3/b4-3-,6-5-. The molecule has 1 rings (SSSR count). The van der Waals surface area contributed by atoms with Crippen molar-refractivity contribution in [3.63, 3.8) is 0 Å². The molecule has 0 nitrogen and oxygen atoms in total. The highest BCUT2D eigenvalue weighted by Gasteiger charge is 2.19. The number of allylic oxidation sites excluding steroid dienone is 5. The zero-order valence-corrected chi connectivity index (χ0v) is 9.84. The molecule has 0 aromatic carbocycles. The van der Waals surface area contributed by atoms with E-state index in [9.17, 15) is 0 Å². The maximum Gasteiger partial charge on any atom is 0.00172 e. The lowest BCUT2D eigenvalue weighted by Crippen LogP contribution is -2.15. The van der Waals surface area contributed by atoms with Gasteiger partial charge in [0.1, 0.15) is 0 Å². The van der Waals surface area contributed by atoms with Crippen LogP contribution in [-0.2, 0) is 0 Å². The first-order valence-corrected chi connectivity index (χ1v) is 5.92. The van der Waals surface area contributed by atoms with Crippen LogP contribution < -0.4 is 0 Å². The number of thiol groups is 1. The molecule has 0 heterocycles. The molecule has 0 spiro atoms. The fraction of sp³-hybridized carbons (Fsp3) is 0.538. The monoisotopic (exact) mass is 208 g/mol. The van der Waals surface area contributed by atoms with Crippen molar-refractivity contribution in [3.05, 3.63) is 36.5 Å². The summed E-state index contributed by atoms with van der Waals surface area (Å²) in [5, 5.41) is 0.624. The minimum atomic E-state index is 0.624. The van der Waals surface area contributed by atoms with Gasteiger partial charge < -0.3 is 0 Å². The van der Waals surface area contributed by atoms with Crippen LogP contribution in [0, 0.1) is 5.92 Å². The van der Waals surface area contributed by atoms with Gasteiger partial charge >= 0.3 is 0 Å². The van der Waals surface area contributed by atoms with Crippen LogP contribution in [0.25, 0.3) is 0 Å². The quantitative estimate of drug-likeness (QED) is 0.522. The van der Waals surface area contributed by atoms with Crippen molar-refractivity contribution in [1.82, 2.24) is 0 Å². The van der Waals surface area contributed by atoms with Crippen molar-refractivity contribution in [2.24, 2.45) is 5.92 Å². The van der Waals surface area contributed by atoms with Crippen molar-refractivity contribution in [3.8, 4) is 0 Å². The van der Waals surface area contributed by atoms with E-state index in [2.05, 4.69) is 37.4 Å². The summed E-state index contributed by atoms with van der Waals surface area (Å²) in [7, 11) is 0. The average molecular weight is 208 g/mol. The highest BCUT2D eigenvalue weighted by atomic mass is 32.1. The maximum absolute atomic E-state index is 4.50. The highest BCUT2D eigenvalue weighted by molar-refractivity contribution is 7.80. The summed E-state index contributed by atoms with van der Waals surface area (Å²) in [6.07, 6.45) is 13.3. The lowest BCUT2D eigenvalue weighted by molar-refractivity contribution is 0.419. The fourth-order valence-electron chi connectivity index (χ4n) is 1.87. The normalized spacial score (nSPS) is 28.7. The molecule has 78 valence electrons. The van der Waals surface area contributed by atoms with Crippen molar-refractivity contribution >= 4 is 12.6 Å². The average Bonchev–Trinajstić information content (AvgIpc) is 2.19. The number of hydrogen-bond acceptors (Lipinski definition) is 1. The van der Waals surface area contributed by atoms with Crippen LogP contribution in [0.3, 0.4) is 0 Å². The highest BCUT2D eigenvalue weighted by Crippen LogP contribution is 2.31. The van der Waals surface area contributed by atoms with Gasteiger partial charge in [0.25, 0.3) is 0 Å². The van der Waals surface area contributed by atoms with Gasteiger partial charge in [-0.25, -0.2) is 0 Å². The molecule has 0 atom stereocenters. The zero-order valence-electron chi connectivity index (χ0n) is 8.95. The second-order valence-electron chi connectivity index (χ2n) is 3.97. The first-order chi connectivity index (χ1) is 6.74. The Kier molecular flexibility index (Phi) is 5.10. The molecule has 1 aliphatic rings. The lowest BCUT2D eigenvalue weighted by Gasteiger charge is -2.25. The first kappa shape index (κ1) is 11.6. The molecule has 0 aromatic rings. The Hall–Kier alpha value is -0.430. The van der Waals surface area contributed by atoms with Crippen LogP contribution in [0.2, 0.25) is 0 Å². The van der Waals surface area contributed by atoms with Gasteiger partial charge in [-0.1, -0.05) is 36.5 Å². The SMILES string of the molecule is C=C(/C=C\C=C/C)C1CCC(S)CC1. The third-order valence-corrected chi connectivity index (χ3v) is 3.35. The second-order valence-corrected chi connectivity index (χ2v) is 4.70. The second kappa shape index (κ2) is 6.13. The maximum atomic E-state index is 4.50. The van der Waals surface area contributed by atoms with E-state index in [0.717, 1.165) is 0 Å². The van der Waals surface area contributed by atoms with E-state index in [0.29, 0.717) is 11.2 Å². The van der Waals surface area contributed by atoms with Crippen molar-refractivity contribution < 1.29 is 0 Å². The van der Waals surface area contributed by atoms with Crippen LogP contribution in [-0.4, -0.2) is 5.25 Å². The molecular weight excluding hydrogens is 188 g/mol. The van der Waals surface area contributed by atoms with Crippen LogP contribution in [0.15, 0.2) is 36.5 Å². The van der Waals surface area contributed by atoms with Gasteiger partial charge in [-0.05, 0) is 38.5 Å². The Morgan fingerprint density at radius 2 is 1.86 bits per heavy atom. The summed E-state index contributed by atoms with van der Waals surface area (Å²) in [5.74, 6) is 0.694. The van der Waals surface area contributed by atoms with Gasteiger partial charge in [0.05, 0.1) is 0 Å². The van der Waals surface area contributed by atoms with Crippen LogP contribution in [0.5, 0.6) is 0 Å². The van der Waals surface area contributed by atoms with Crippen LogP contribution >= 0.6 is 12.6 Å². The molecule has 0 saturated heterocycles. The Bertz CT molecular complexity index is 230. The van der Waals surface area contributed by atoms with Gasteiger partial charge in [-0.2, -0.15) is 12.6 Å². The van der Waals surface area contributed by atoms with E-state index in [1.807, 2.05) is 13.0 Å². The van der Waals surface area contributed by atoms with Crippen LogP contribution in [0.1, 0.15) is 32.6 Å². The zero-order chi connectivity index (χ0) is 10.4. The van der Waals surface area contributed by atoms with Gasteiger partial charge in [-0.15, -0.1) is 0 Å². The molecule has 0 aromatic heterocycles. The largest absolute Gasteiger partial charge is 0.176 e. The molecule has 0 amide bonds. The molecule has 0 N–H and O–H groups in total. The molecule has 1 aliphatic carbocycles. The molecule has 0 aliphatic heterocycles. The van der Waals surface area contributed by atoms with Crippen LogP contribution in [0.4, 0.5) is 0 Å². The summed E-state index contributed by atoms with van der Waals surface area (Å²) in [4.78, 5) is 0. The molecule has 0 unspecified atom stereocenters. The van der Waals surface area contributed by atoms with Gasteiger partial charge in [0, 0.05) is 5.25 Å². The van der Waals surface area contributed by atoms with E-state index < -0.39 is 0 Å². The third-order valence-electron chi connectivity index (χ3n) is 2.83. The van der Waals surface area contributed by atoms with E-state index >= 15 is 0 Å². The van der Waals surface area contributed by atoms with Crippen molar-refractivity contribution in [2.45, 2.75) is 37.9 Å². The number of rotatable bonds is 3. The minimum Gasteiger partial charge on any atom is -0.176 e. The van der Waals surface area contributed by atoms with Gasteiger partial charge in [-0.3, -0.25) is 0 Å². The van der Waals surface area contributed by atoms with E-state index in [-0.39, 0.29) is 0 Å². The Balaban J connectivity index is 2.38. The van der Waals surface area contributed by atoms with E-state index in [4.69, 9.17) is 0 Å². The summed E-state index contributed by atoms with van der Waals surface area (Å²) in [6, 6.07) is 0. The Labute approximate surface area is 93.2 Å². The summed E-state index contributed by atoms with van der Waals surface area (Å²) in [6.45, 7) is 6.16. The first-order valence-electron chi connectivity index (χ1n) is 5.40. The Morgan fingerprint density at radius 1 is 1.21 bits per heavy atom. The van der Waals surface area contributed by atoms with Crippen molar-refractivity contribution in [1.29, 1.82) is 0 Å². The molecule has 14 heavy (non-hydrogen) atoms. The predicted molar refractivity (Wildman–Crippen MR) is 67.8 cm³/mol. The third kappa shape index (κ3) is 3.75. The van der Waals surface area contributed by atoms with Gasteiger partial charge in [0.2, 0.25) is 0 Å². The summed E-state index contributed by atoms with van der Waals surface area (Å²) >= 11 is 4.50. The smallest absolute Gasteiger partial charge is 0.00172 e. The molecule has 1 heteroatoms. The fourth-order valence-corrected chi connectivity index (χ4v) is 2.17. The molecule has 0 bridgehead atoms. The lowest BCUT2D eigenvalue weighted by atomic mass is 9.84. The minimum absolute atomic E-state index is 0.624. The van der Waals surface area contributed by atoms with Gasteiger partial charge in [0.15, 0.2) is 0 Å². The Morgan fingerprint density at radius 3 is 2.43 bits per heavy atom. The molecule has 0 radical (unpaired) electrons. The number of hydrogen-bond donors (Lipinski definition) is 1. The summed E-state index contributed by atoms with van der Waals surface area (Å²) < 4.78 is 0. The van der Waals surface area contributed by atoms with Crippen molar-refractivity contribution in [2.75, 3.05) is 0 Å². The predicted octanol–water partition coefficient (Wildman–Crippen LogP) is 4.16.